The highest BCUT2D eigenvalue weighted by molar-refractivity contribution is 7.92. The van der Waals surface area contributed by atoms with Crippen LogP contribution in [0.5, 0.6) is 0 Å². The maximum atomic E-state index is 13.4. The molecule has 0 aliphatic rings. The smallest absolute Gasteiger partial charge is 0.271 e. The maximum Gasteiger partial charge on any atom is 0.271 e. The molecule has 3 aromatic rings. The highest BCUT2D eigenvalue weighted by atomic mass is 32.2. The number of nitrogens with zero attached hydrogens (tertiary/aromatic N) is 2. The van der Waals surface area contributed by atoms with Crippen LogP contribution in [0, 0.1) is 10.1 Å². The number of nitro groups is 1. The summed E-state index contributed by atoms with van der Waals surface area (Å²) < 4.78 is 27.7. The van der Waals surface area contributed by atoms with E-state index in [1.807, 2.05) is 13.8 Å². The molecule has 3 aromatic carbocycles. The predicted octanol–water partition coefficient (Wildman–Crippen LogP) is 3.96. The number of nitrogens with one attached hydrogen (secondary N) is 2. The molecular formula is C25H26N4O6S. The minimum atomic E-state index is -4.26. The second-order valence-electron chi connectivity index (χ2n) is 7.98. The van der Waals surface area contributed by atoms with Crippen LogP contribution in [0.1, 0.15) is 30.6 Å². The molecule has 0 aliphatic heterocycles. The normalized spacial score (nSPS) is 11.8. The van der Waals surface area contributed by atoms with Crippen LogP contribution in [0.25, 0.3) is 0 Å². The molecule has 11 heteroatoms. The minimum Gasteiger partial charge on any atom is -0.350 e. The van der Waals surface area contributed by atoms with Crippen molar-refractivity contribution >= 4 is 38.9 Å². The van der Waals surface area contributed by atoms with E-state index in [0.29, 0.717) is 0 Å². The largest absolute Gasteiger partial charge is 0.350 e. The van der Waals surface area contributed by atoms with Gasteiger partial charge in [0.25, 0.3) is 21.6 Å². The van der Waals surface area contributed by atoms with Crippen molar-refractivity contribution in [2.24, 2.45) is 0 Å². The zero-order chi connectivity index (χ0) is 26.3. The SMILES string of the molecule is CC[C@H](C)NC(=O)c1ccccc1NC(=O)CN(c1cccc([N+](=O)[O-])c1)S(=O)(=O)c1ccccc1. The van der Waals surface area contributed by atoms with E-state index in [-0.39, 0.29) is 39.5 Å². The summed E-state index contributed by atoms with van der Waals surface area (Å²) in [4.78, 5) is 36.3. The molecule has 0 aromatic heterocycles. The Bertz CT molecular complexity index is 1360. The molecule has 3 rings (SSSR count). The molecule has 0 saturated heterocycles. The Labute approximate surface area is 209 Å². The first-order chi connectivity index (χ1) is 17.1. The van der Waals surface area contributed by atoms with Gasteiger partial charge < -0.3 is 10.6 Å². The molecule has 0 heterocycles. The van der Waals surface area contributed by atoms with E-state index in [0.717, 1.165) is 16.8 Å². The number of nitro benzene ring substituents is 1. The van der Waals surface area contributed by atoms with Crippen LogP contribution in [-0.2, 0) is 14.8 Å². The Kier molecular flexibility index (Phi) is 8.38. The molecule has 188 valence electrons. The van der Waals surface area contributed by atoms with E-state index in [9.17, 15) is 28.1 Å². The van der Waals surface area contributed by atoms with Gasteiger partial charge in [-0.2, -0.15) is 0 Å². The van der Waals surface area contributed by atoms with E-state index in [2.05, 4.69) is 10.6 Å². The summed E-state index contributed by atoms with van der Waals surface area (Å²) in [6.45, 7) is 3.10. The zero-order valence-electron chi connectivity index (χ0n) is 19.7. The van der Waals surface area contributed by atoms with E-state index in [1.165, 1.54) is 48.5 Å². The number of carbonyl (C=O) groups excluding carboxylic acids is 2. The first kappa shape index (κ1) is 26.4. The summed E-state index contributed by atoms with van der Waals surface area (Å²) in [6.07, 6.45) is 0.718. The van der Waals surface area contributed by atoms with E-state index >= 15 is 0 Å². The number of sulfonamides is 1. The lowest BCUT2D eigenvalue weighted by atomic mass is 10.1. The van der Waals surface area contributed by atoms with Gasteiger partial charge in [-0.05, 0) is 43.7 Å². The van der Waals surface area contributed by atoms with Gasteiger partial charge in [0.05, 0.1) is 26.8 Å². The lowest BCUT2D eigenvalue weighted by Crippen LogP contribution is -2.38. The number of benzene rings is 3. The van der Waals surface area contributed by atoms with Gasteiger partial charge in [0, 0.05) is 18.2 Å². The molecule has 0 saturated carbocycles. The molecule has 0 spiro atoms. The van der Waals surface area contributed by atoms with Gasteiger partial charge >= 0.3 is 0 Å². The van der Waals surface area contributed by atoms with Crippen molar-refractivity contribution in [3.8, 4) is 0 Å². The molecule has 0 radical (unpaired) electrons. The maximum absolute atomic E-state index is 13.4. The van der Waals surface area contributed by atoms with Crippen LogP contribution in [0.3, 0.4) is 0 Å². The van der Waals surface area contributed by atoms with E-state index in [4.69, 9.17) is 0 Å². The average molecular weight is 511 g/mol. The fourth-order valence-corrected chi connectivity index (χ4v) is 4.74. The van der Waals surface area contributed by atoms with Crippen LogP contribution in [0.4, 0.5) is 17.1 Å². The number of hydrogen-bond donors (Lipinski definition) is 2. The first-order valence-electron chi connectivity index (χ1n) is 11.2. The minimum absolute atomic E-state index is 0.0500. The third-order valence-corrected chi connectivity index (χ3v) is 7.17. The van der Waals surface area contributed by atoms with Crippen molar-refractivity contribution in [2.75, 3.05) is 16.2 Å². The van der Waals surface area contributed by atoms with Gasteiger partial charge in [0.2, 0.25) is 5.91 Å². The Morgan fingerprint density at radius 2 is 1.67 bits per heavy atom. The standard InChI is InChI=1S/C25H26N4O6S/c1-3-18(2)26-25(31)22-14-7-8-15-23(22)27-24(30)17-28(19-10-9-11-20(16-19)29(32)33)36(34,35)21-12-5-4-6-13-21/h4-16,18H,3,17H2,1-2H3,(H,26,31)(H,27,30)/t18-/m0/s1. The van der Waals surface area contributed by atoms with Gasteiger partial charge in [-0.3, -0.25) is 24.0 Å². The molecule has 10 nitrogen and oxygen atoms in total. The number of rotatable bonds is 10. The number of amides is 2. The molecule has 2 amide bonds. The van der Waals surface area contributed by atoms with Crippen LogP contribution in [0.2, 0.25) is 0 Å². The second-order valence-corrected chi connectivity index (χ2v) is 9.84. The molecule has 0 aliphatic carbocycles. The number of carbonyl (C=O) groups is 2. The molecular weight excluding hydrogens is 484 g/mol. The summed E-state index contributed by atoms with van der Waals surface area (Å²) in [5.74, 6) is -1.11. The van der Waals surface area contributed by atoms with Crippen molar-refractivity contribution in [1.29, 1.82) is 0 Å². The van der Waals surface area contributed by atoms with Crippen molar-refractivity contribution in [1.82, 2.24) is 5.32 Å². The predicted molar refractivity (Wildman–Crippen MR) is 136 cm³/mol. The van der Waals surface area contributed by atoms with Crippen LogP contribution in [0.15, 0.2) is 83.8 Å². The van der Waals surface area contributed by atoms with E-state index < -0.39 is 27.4 Å². The highest BCUT2D eigenvalue weighted by Gasteiger charge is 2.28. The molecule has 0 bridgehead atoms. The van der Waals surface area contributed by atoms with Crippen LogP contribution < -0.4 is 14.9 Å². The topological polar surface area (TPSA) is 139 Å². The molecule has 1 atom stereocenters. The highest BCUT2D eigenvalue weighted by Crippen LogP contribution is 2.27. The summed E-state index contributed by atoms with van der Waals surface area (Å²) in [7, 11) is -4.26. The second kappa shape index (κ2) is 11.5. The Balaban J connectivity index is 1.95. The van der Waals surface area contributed by atoms with Crippen molar-refractivity contribution in [2.45, 2.75) is 31.2 Å². The third-order valence-electron chi connectivity index (χ3n) is 5.38. The molecule has 2 N–H and O–H groups in total. The van der Waals surface area contributed by atoms with Gasteiger partial charge in [0.1, 0.15) is 6.54 Å². The molecule has 36 heavy (non-hydrogen) atoms. The molecule has 0 unspecified atom stereocenters. The average Bonchev–Trinajstić information content (AvgIpc) is 2.88. The Hall–Kier alpha value is -4.25. The van der Waals surface area contributed by atoms with Gasteiger partial charge in [-0.25, -0.2) is 8.42 Å². The lowest BCUT2D eigenvalue weighted by Gasteiger charge is -2.24. The summed E-state index contributed by atoms with van der Waals surface area (Å²) in [6, 6.07) is 18.7. The molecule has 0 fully saturated rings. The third kappa shape index (κ3) is 6.25. The van der Waals surface area contributed by atoms with E-state index in [1.54, 1.807) is 24.3 Å². The number of non-ortho nitro benzene ring substituents is 1. The Morgan fingerprint density at radius 1 is 1.00 bits per heavy atom. The number of para-hydroxylation sites is 1. The lowest BCUT2D eigenvalue weighted by molar-refractivity contribution is -0.384. The first-order valence-corrected chi connectivity index (χ1v) is 12.6. The monoisotopic (exact) mass is 510 g/mol. The van der Waals surface area contributed by atoms with Crippen LogP contribution in [-0.4, -0.2) is 37.7 Å². The summed E-state index contributed by atoms with van der Waals surface area (Å²) in [5, 5.41) is 16.7. The fourth-order valence-electron chi connectivity index (χ4n) is 3.31. The van der Waals surface area contributed by atoms with Crippen LogP contribution >= 0.6 is 0 Å². The van der Waals surface area contributed by atoms with Crippen molar-refractivity contribution in [3.63, 3.8) is 0 Å². The van der Waals surface area contributed by atoms with Crippen molar-refractivity contribution in [3.05, 3.63) is 94.5 Å². The van der Waals surface area contributed by atoms with Gasteiger partial charge in [0.15, 0.2) is 0 Å². The van der Waals surface area contributed by atoms with Gasteiger partial charge in [-0.1, -0.05) is 43.3 Å². The Morgan fingerprint density at radius 3 is 2.33 bits per heavy atom. The summed E-state index contributed by atoms with van der Waals surface area (Å²) in [5.41, 5.74) is 0.0533. The van der Waals surface area contributed by atoms with Crippen molar-refractivity contribution < 1.29 is 22.9 Å². The fraction of sp³-hybridized carbons (Fsp3) is 0.200. The number of anilines is 2. The quantitative estimate of drug-likeness (QED) is 0.313. The summed E-state index contributed by atoms with van der Waals surface area (Å²) >= 11 is 0. The zero-order valence-corrected chi connectivity index (χ0v) is 20.6. The number of hydrogen-bond acceptors (Lipinski definition) is 6. The van der Waals surface area contributed by atoms with Gasteiger partial charge in [-0.15, -0.1) is 0 Å².